The van der Waals surface area contributed by atoms with Crippen LogP contribution in [0.4, 0.5) is 13.2 Å². The summed E-state index contributed by atoms with van der Waals surface area (Å²) >= 11 is 0. The van der Waals surface area contributed by atoms with E-state index in [1.165, 1.54) is 17.1 Å². The molecule has 0 bridgehead atoms. The van der Waals surface area contributed by atoms with Gasteiger partial charge in [-0.2, -0.15) is 0 Å². The Labute approximate surface area is 95.7 Å². The first-order valence-corrected chi connectivity index (χ1v) is 4.93. The van der Waals surface area contributed by atoms with Gasteiger partial charge < -0.3 is 10.3 Å². The van der Waals surface area contributed by atoms with Gasteiger partial charge >= 0.3 is 0 Å². The van der Waals surface area contributed by atoms with Crippen LogP contribution >= 0.6 is 0 Å². The molecule has 0 saturated heterocycles. The van der Waals surface area contributed by atoms with Crippen LogP contribution in [0.25, 0.3) is 5.69 Å². The normalized spacial score (nSPS) is 12.8. The largest absolute Gasteiger partial charge is 0.323 e. The second-order valence-electron chi connectivity index (χ2n) is 3.70. The summed E-state index contributed by atoms with van der Waals surface area (Å²) in [6.07, 6.45) is 2.86. The number of benzene rings is 1. The molecular formula is C11H10F3N3. The third kappa shape index (κ3) is 2.03. The molecule has 0 fully saturated rings. The van der Waals surface area contributed by atoms with Gasteiger partial charge in [-0.25, -0.2) is 18.2 Å². The number of nitrogens with zero attached hydrogens (tertiary/aromatic N) is 2. The molecule has 0 amide bonds. The number of hydrogen-bond acceptors (Lipinski definition) is 2. The molecular weight excluding hydrogens is 231 g/mol. The van der Waals surface area contributed by atoms with Crippen molar-refractivity contribution in [1.29, 1.82) is 0 Å². The summed E-state index contributed by atoms with van der Waals surface area (Å²) < 4.78 is 40.4. The molecule has 90 valence electrons. The molecule has 1 aromatic heterocycles. The van der Waals surface area contributed by atoms with Gasteiger partial charge in [0, 0.05) is 18.2 Å². The molecule has 0 aliphatic rings. The van der Waals surface area contributed by atoms with Crippen LogP contribution in [0.3, 0.4) is 0 Å². The summed E-state index contributed by atoms with van der Waals surface area (Å²) in [7, 11) is 0. The molecule has 0 radical (unpaired) electrons. The minimum atomic E-state index is -1.49. The first-order chi connectivity index (χ1) is 8.00. The lowest BCUT2D eigenvalue weighted by Crippen LogP contribution is -2.11. The zero-order chi connectivity index (χ0) is 12.6. The molecule has 6 heteroatoms. The van der Waals surface area contributed by atoms with Gasteiger partial charge in [0.15, 0.2) is 17.5 Å². The predicted octanol–water partition coefficient (Wildman–Crippen LogP) is 2.31. The Morgan fingerprint density at radius 1 is 1.24 bits per heavy atom. The van der Waals surface area contributed by atoms with Crippen molar-refractivity contribution in [1.82, 2.24) is 9.55 Å². The molecule has 17 heavy (non-hydrogen) atoms. The lowest BCUT2D eigenvalue weighted by Gasteiger charge is -2.11. The van der Waals surface area contributed by atoms with E-state index in [1.807, 2.05) is 0 Å². The lowest BCUT2D eigenvalue weighted by molar-refractivity contribution is 0.446. The highest BCUT2D eigenvalue weighted by Crippen LogP contribution is 2.20. The van der Waals surface area contributed by atoms with Crippen molar-refractivity contribution in [3.05, 3.63) is 47.8 Å². The van der Waals surface area contributed by atoms with Crippen molar-refractivity contribution in [3.8, 4) is 5.69 Å². The summed E-state index contributed by atoms with van der Waals surface area (Å²) in [5.41, 5.74) is 6.40. The summed E-state index contributed by atoms with van der Waals surface area (Å²) in [4.78, 5) is 3.85. The number of aromatic nitrogens is 2. The van der Waals surface area contributed by atoms with Gasteiger partial charge in [-0.15, -0.1) is 0 Å². The van der Waals surface area contributed by atoms with Gasteiger partial charge in [-0.3, -0.25) is 0 Å². The van der Waals surface area contributed by atoms with Gasteiger partial charge in [-0.1, -0.05) is 0 Å². The zero-order valence-electron chi connectivity index (χ0n) is 8.99. The number of halogens is 3. The SMILES string of the molecule is C[C@@H](N)c1cncn1-c1cc(F)c(F)c(F)c1. The van der Waals surface area contributed by atoms with Crippen molar-refractivity contribution < 1.29 is 13.2 Å². The second kappa shape index (κ2) is 4.21. The van der Waals surface area contributed by atoms with Crippen LogP contribution < -0.4 is 5.73 Å². The summed E-state index contributed by atoms with van der Waals surface area (Å²) in [5.74, 6) is -3.98. The Kier molecular flexibility index (Phi) is 2.89. The highest BCUT2D eigenvalue weighted by atomic mass is 19.2. The Morgan fingerprint density at radius 3 is 2.35 bits per heavy atom. The number of imidazole rings is 1. The van der Waals surface area contributed by atoms with Crippen molar-refractivity contribution in [2.75, 3.05) is 0 Å². The van der Waals surface area contributed by atoms with E-state index < -0.39 is 17.5 Å². The predicted molar refractivity (Wildman–Crippen MR) is 56.0 cm³/mol. The van der Waals surface area contributed by atoms with Crippen LogP contribution in [0.15, 0.2) is 24.7 Å². The van der Waals surface area contributed by atoms with Crippen molar-refractivity contribution in [2.24, 2.45) is 5.73 Å². The first-order valence-electron chi connectivity index (χ1n) is 4.93. The van der Waals surface area contributed by atoms with E-state index in [9.17, 15) is 13.2 Å². The molecule has 0 spiro atoms. The summed E-state index contributed by atoms with van der Waals surface area (Å²) in [6.45, 7) is 1.71. The smallest absolute Gasteiger partial charge is 0.194 e. The Morgan fingerprint density at radius 2 is 1.82 bits per heavy atom. The molecule has 1 aromatic carbocycles. The van der Waals surface area contributed by atoms with Crippen LogP contribution in [0.1, 0.15) is 18.7 Å². The first kappa shape index (κ1) is 11.7. The maximum absolute atomic E-state index is 13.1. The highest BCUT2D eigenvalue weighted by molar-refractivity contribution is 5.35. The van der Waals surface area contributed by atoms with E-state index in [-0.39, 0.29) is 11.7 Å². The quantitative estimate of drug-likeness (QED) is 0.820. The van der Waals surface area contributed by atoms with Crippen LogP contribution in [-0.4, -0.2) is 9.55 Å². The van der Waals surface area contributed by atoms with Crippen molar-refractivity contribution >= 4 is 0 Å². The Balaban J connectivity index is 2.57. The van der Waals surface area contributed by atoms with Gasteiger partial charge in [0.2, 0.25) is 0 Å². The monoisotopic (exact) mass is 241 g/mol. The van der Waals surface area contributed by atoms with Crippen LogP contribution in [0, 0.1) is 17.5 Å². The maximum atomic E-state index is 13.1. The summed E-state index contributed by atoms with van der Waals surface area (Å²) in [5, 5.41) is 0. The second-order valence-corrected chi connectivity index (χ2v) is 3.70. The minimum absolute atomic E-state index is 0.145. The van der Waals surface area contributed by atoms with E-state index in [0.717, 1.165) is 12.1 Å². The van der Waals surface area contributed by atoms with E-state index in [1.54, 1.807) is 6.92 Å². The third-order valence-electron chi connectivity index (χ3n) is 2.38. The molecule has 0 saturated carbocycles. The van der Waals surface area contributed by atoms with Gasteiger partial charge in [0.1, 0.15) is 0 Å². The van der Waals surface area contributed by atoms with E-state index in [2.05, 4.69) is 4.98 Å². The van der Waals surface area contributed by atoms with Crippen LogP contribution in [0.2, 0.25) is 0 Å². The molecule has 2 rings (SSSR count). The maximum Gasteiger partial charge on any atom is 0.194 e. The average molecular weight is 241 g/mol. The molecule has 1 atom stereocenters. The molecule has 2 aromatic rings. The summed E-state index contributed by atoms with van der Waals surface area (Å²) in [6, 6.07) is 1.44. The zero-order valence-corrected chi connectivity index (χ0v) is 8.99. The van der Waals surface area contributed by atoms with Crippen LogP contribution in [0.5, 0.6) is 0 Å². The van der Waals surface area contributed by atoms with Crippen molar-refractivity contribution in [3.63, 3.8) is 0 Å². The molecule has 0 aliphatic heterocycles. The molecule has 2 N–H and O–H groups in total. The minimum Gasteiger partial charge on any atom is -0.323 e. The number of nitrogens with two attached hydrogens (primary N) is 1. The van der Waals surface area contributed by atoms with Crippen LogP contribution in [-0.2, 0) is 0 Å². The highest BCUT2D eigenvalue weighted by Gasteiger charge is 2.14. The number of hydrogen-bond donors (Lipinski definition) is 1. The molecule has 0 aliphatic carbocycles. The lowest BCUT2D eigenvalue weighted by atomic mass is 10.2. The topological polar surface area (TPSA) is 43.8 Å². The van der Waals surface area contributed by atoms with E-state index in [0.29, 0.717) is 5.69 Å². The van der Waals surface area contributed by atoms with Crippen molar-refractivity contribution in [2.45, 2.75) is 13.0 Å². The van der Waals surface area contributed by atoms with E-state index in [4.69, 9.17) is 5.73 Å². The Bertz CT molecular complexity index is 526. The standard InChI is InChI=1S/C11H10F3N3/c1-6(15)10-4-16-5-17(10)7-2-8(12)11(14)9(13)3-7/h2-6H,15H2,1H3/t6-/m1/s1. The molecule has 1 heterocycles. The third-order valence-corrected chi connectivity index (χ3v) is 2.38. The fourth-order valence-electron chi connectivity index (χ4n) is 1.54. The van der Waals surface area contributed by atoms with Gasteiger partial charge in [0.05, 0.1) is 23.9 Å². The number of rotatable bonds is 2. The fraction of sp³-hybridized carbons (Fsp3) is 0.182. The fourth-order valence-corrected chi connectivity index (χ4v) is 1.54. The molecule has 0 unspecified atom stereocenters. The molecule has 3 nitrogen and oxygen atoms in total. The van der Waals surface area contributed by atoms with E-state index >= 15 is 0 Å². The Hall–Kier alpha value is -1.82. The van der Waals surface area contributed by atoms with Gasteiger partial charge in [0.25, 0.3) is 0 Å². The average Bonchev–Trinajstić information content (AvgIpc) is 2.74. The van der Waals surface area contributed by atoms with Gasteiger partial charge in [-0.05, 0) is 6.92 Å².